The first-order valence-electron chi connectivity index (χ1n) is 6.82. The zero-order chi connectivity index (χ0) is 17.2. The van der Waals surface area contributed by atoms with Crippen LogP contribution in [0.25, 0.3) is 0 Å². The fourth-order valence-electron chi connectivity index (χ4n) is 2.14. The van der Waals surface area contributed by atoms with Crippen LogP contribution in [0.3, 0.4) is 0 Å². The molecule has 128 valence electrons. The Balaban J connectivity index is 1.56. The summed E-state index contributed by atoms with van der Waals surface area (Å²) < 4.78 is 55.6. The molecule has 2 heterocycles. The van der Waals surface area contributed by atoms with Gasteiger partial charge in [0.05, 0.1) is 25.0 Å². The Hall–Kier alpha value is -2.04. The summed E-state index contributed by atoms with van der Waals surface area (Å²) >= 11 is 0.996. The lowest BCUT2D eigenvalue weighted by molar-refractivity contribution is 0.0728. The number of rotatable bonds is 6. The minimum Gasteiger partial charge on any atom is -0.493 e. The van der Waals surface area contributed by atoms with E-state index < -0.39 is 27.8 Å². The predicted molar refractivity (Wildman–Crippen MR) is 81.7 cm³/mol. The molecular weight excluding hydrogens is 361 g/mol. The molecule has 1 aromatic carbocycles. The van der Waals surface area contributed by atoms with E-state index in [-0.39, 0.29) is 12.2 Å². The third-order valence-corrected chi connectivity index (χ3v) is 4.64. The van der Waals surface area contributed by atoms with E-state index in [1.165, 1.54) is 17.6 Å². The molecule has 3 rings (SSSR count). The summed E-state index contributed by atoms with van der Waals surface area (Å²) in [6.45, 7) is 0.253. The lowest BCUT2D eigenvalue weighted by Crippen LogP contribution is -2.17. The molecular formula is C14H12FNO6S2. The van der Waals surface area contributed by atoms with Crippen molar-refractivity contribution in [3.8, 4) is 5.75 Å². The van der Waals surface area contributed by atoms with Gasteiger partial charge >= 0.3 is 16.1 Å². The first-order chi connectivity index (χ1) is 11.4. The molecule has 1 aromatic heterocycles. The van der Waals surface area contributed by atoms with Crippen LogP contribution in [0.5, 0.6) is 5.75 Å². The molecule has 0 amide bonds. The lowest BCUT2D eigenvalue weighted by atomic mass is 10.1. The van der Waals surface area contributed by atoms with Crippen molar-refractivity contribution in [2.45, 2.75) is 13.0 Å². The monoisotopic (exact) mass is 373 g/mol. The zero-order valence-corrected chi connectivity index (χ0v) is 13.9. The van der Waals surface area contributed by atoms with Crippen LogP contribution in [0.2, 0.25) is 0 Å². The standard InChI is InChI=1S/C14H12FNO6S2/c15-12-3-9(4-13-11(12)1-2-21-13)6-20-8-24(18,19)22-14(17)10-5-16-23-7-10/h3-5,7H,1-2,6,8H2. The summed E-state index contributed by atoms with van der Waals surface area (Å²) in [5.74, 6) is -1.84. The smallest absolute Gasteiger partial charge is 0.356 e. The van der Waals surface area contributed by atoms with E-state index in [2.05, 4.69) is 8.56 Å². The molecule has 0 spiro atoms. The first-order valence-corrected chi connectivity index (χ1v) is 9.24. The number of carbonyl (C=O) groups excluding carboxylic acids is 1. The summed E-state index contributed by atoms with van der Waals surface area (Å²) in [7, 11) is -4.22. The largest absolute Gasteiger partial charge is 0.493 e. The number of fused-ring (bicyclic) bond motifs is 1. The van der Waals surface area contributed by atoms with Gasteiger partial charge in [-0.15, -0.1) is 0 Å². The van der Waals surface area contributed by atoms with Gasteiger partial charge < -0.3 is 13.7 Å². The molecule has 0 atom stereocenters. The van der Waals surface area contributed by atoms with Gasteiger partial charge in [0.2, 0.25) is 0 Å². The highest BCUT2D eigenvalue weighted by Crippen LogP contribution is 2.29. The number of hydrogen-bond acceptors (Lipinski definition) is 8. The molecule has 0 unspecified atom stereocenters. The number of benzene rings is 1. The highest BCUT2D eigenvalue weighted by molar-refractivity contribution is 7.86. The fourth-order valence-corrected chi connectivity index (χ4v) is 3.31. The van der Waals surface area contributed by atoms with Crippen molar-refractivity contribution in [2.24, 2.45) is 0 Å². The van der Waals surface area contributed by atoms with Gasteiger partial charge in [0.25, 0.3) is 0 Å². The van der Waals surface area contributed by atoms with Gasteiger partial charge in [-0.05, 0) is 29.2 Å². The van der Waals surface area contributed by atoms with Gasteiger partial charge in [-0.2, -0.15) is 8.42 Å². The van der Waals surface area contributed by atoms with Gasteiger partial charge in [-0.3, -0.25) is 0 Å². The van der Waals surface area contributed by atoms with E-state index in [1.54, 1.807) is 6.07 Å². The molecule has 1 aliphatic rings. The third kappa shape index (κ3) is 3.89. The minimum atomic E-state index is -4.22. The molecule has 0 aliphatic carbocycles. The number of ether oxygens (including phenoxy) is 2. The van der Waals surface area contributed by atoms with Gasteiger partial charge in [0.15, 0.2) is 5.94 Å². The second-order valence-corrected chi connectivity index (χ2v) is 7.14. The topological polar surface area (TPSA) is 91.8 Å². The van der Waals surface area contributed by atoms with Gasteiger partial charge in [0, 0.05) is 17.4 Å². The summed E-state index contributed by atoms with van der Waals surface area (Å²) in [6.07, 6.45) is 1.71. The normalized spacial score (nSPS) is 13.4. The number of nitrogens with zero attached hydrogens (tertiary/aromatic N) is 1. The Morgan fingerprint density at radius 1 is 1.42 bits per heavy atom. The van der Waals surface area contributed by atoms with E-state index in [4.69, 9.17) is 9.47 Å². The summed E-state index contributed by atoms with van der Waals surface area (Å²) in [5.41, 5.74) is 0.975. The summed E-state index contributed by atoms with van der Waals surface area (Å²) in [6, 6.07) is 2.87. The average molecular weight is 373 g/mol. The van der Waals surface area contributed by atoms with Crippen molar-refractivity contribution in [3.05, 3.63) is 46.2 Å². The minimum absolute atomic E-state index is 0.0430. The molecule has 7 nitrogen and oxygen atoms in total. The fraction of sp³-hybridized carbons (Fsp3) is 0.286. The van der Waals surface area contributed by atoms with Crippen LogP contribution in [0.1, 0.15) is 21.5 Å². The Kier molecular flexibility index (Phi) is 4.78. The highest BCUT2D eigenvalue weighted by Gasteiger charge is 2.21. The van der Waals surface area contributed by atoms with E-state index in [0.29, 0.717) is 29.9 Å². The Morgan fingerprint density at radius 3 is 3.00 bits per heavy atom. The maximum absolute atomic E-state index is 13.8. The van der Waals surface area contributed by atoms with Crippen molar-refractivity contribution in [2.75, 3.05) is 12.5 Å². The quantitative estimate of drug-likeness (QED) is 0.714. The maximum Gasteiger partial charge on any atom is 0.356 e. The van der Waals surface area contributed by atoms with Crippen LogP contribution in [0.15, 0.2) is 23.7 Å². The Morgan fingerprint density at radius 2 is 2.25 bits per heavy atom. The highest BCUT2D eigenvalue weighted by atomic mass is 32.2. The van der Waals surface area contributed by atoms with Crippen molar-refractivity contribution in [3.63, 3.8) is 0 Å². The van der Waals surface area contributed by atoms with Crippen molar-refractivity contribution < 1.29 is 31.3 Å². The predicted octanol–water partition coefficient (Wildman–Crippen LogP) is 1.88. The molecule has 24 heavy (non-hydrogen) atoms. The third-order valence-electron chi connectivity index (χ3n) is 3.19. The maximum atomic E-state index is 13.8. The number of halogens is 1. The van der Waals surface area contributed by atoms with Crippen LogP contribution in [0, 0.1) is 5.82 Å². The van der Waals surface area contributed by atoms with E-state index in [1.807, 2.05) is 0 Å². The summed E-state index contributed by atoms with van der Waals surface area (Å²) in [5, 5.41) is 1.37. The Bertz CT molecular complexity index is 850. The van der Waals surface area contributed by atoms with Gasteiger partial charge in [-0.25, -0.2) is 13.6 Å². The zero-order valence-electron chi connectivity index (χ0n) is 12.2. The Labute approximate surface area is 141 Å². The van der Waals surface area contributed by atoms with Gasteiger partial charge in [0.1, 0.15) is 11.6 Å². The van der Waals surface area contributed by atoms with Crippen LogP contribution in [0.4, 0.5) is 4.39 Å². The van der Waals surface area contributed by atoms with Gasteiger partial charge in [-0.1, -0.05) is 0 Å². The summed E-state index contributed by atoms with van der Waals surface area (Å²) in [4.78, 5) is 11.6. The van der Waals surface area contributed by atoms with Crippen LogP contribution in [-0.2, 0) is 32.1 Å². The molecule has 0 fully saturated rings. The lowest BCUT2D eigenvalue weighted by Gasteiger charge is -2.08. The van der Waals surface area contributed by atoms with Crippen molar-refractivity contribution in [1.82, 2.24) is 4.37 Å². The van der Waals surface area contributed by atoms with Crippen LogP contribution in [-0.4, -0.2) is 31.3 Å². The molecule has 0 N–H and O–H groups in total. The van der Waals surface area contributed by atoms with E-state index in [0.717, 1.165) is 11.5 Å². The second-order valence-electron chi connectivity index (χ2n) is 4.96. The second kappa shape index (κ2) is 6.83. The van der Waals surface area contributed by atoms with Crippen LogP contribution >= 0.6 is 11.5 Å². The molecule has 0 radical (unpaired) electrons. The van der Waals surface area contributed by atoms with Crippen molar-refractivity contribution in [1.29, 1.82) is 0 Å². The molecule has 10 heteroatoms. The van der Waals surface area contributed by atoms with Crippen molar-refractivity contribution >= 4 is 27.6 Å². The number of hydrogen-bond donors (Lipinski definition) is 0. The average Bonchev–Trinajstić information content (AvgIpc) is 3.18. The first kappa shape index (κ1) is 16.8. The number of aromatic nitrogens is 1. The molecule has 0 saturated heterocycles. The SMILES string of the molecule is O=C(OS(=O)(=O)COCc1cc(F)c2c(c1)OCC2)c1cnsc1. The molecule has 0 bridgehead atoms. The number of carbonyl (C=O) groups is 1. The van der Waals surface area contributed by atoms with Crippen LogP contribution < -0.4 is 4.74 Å². The molecule has 1 aliphatic heterocycles. The molecule has 2 aromatic rings. The van der Waals surface area contributed by atoms with E-state index in [9.17, 15) is 17.6 Å². The molecule has 0 saturated carbocycles. The van der Waals surface area contributed by atoms with E-state index >= 15 is 0 Å².